The van der Waals surface area contributed by atoms with E-state index in [0.29, 0.717) is 11.5 Å². The van der Waals surface area contributed by atoms with E-state index in [1.807, 2.05) is 65.6 Å². The molecule has 2 aromatic carbocycles. The van der Waals surface area contributed by atoms with Crippen LogP contribution in [0.15, 0.2) is 67.3 Å². The minimum absolute atomic E-state index is 0.0153. The fraction of sp³-hybridized carbons (Fsp3) is 0.375. The second kappa shape index (κ2) is 9.40. The normalized spacial score (nSPS) is 15.7. The smallest absolute Gasteiger partial charge is 0.258 e. The maximum Gasteiger partial charge on any atom is 0.258 e. The standard InChI is InChI=1S/C24H29NO2/c1-3-21(18-19-10-6-4-7-11-19)25(22-14-16-23(27-2)17-15-22)24(26)20-12-8-5-9-13-20/h3,5,8-9,12-17,19,21H,1,4,6-7,10-11,18H2,2H3/t21-/m0/s1. The first-order chi connectivity index (χ1) is 13.2. The molecule has 0 N–H and O–H groups in total. The fourth-order valence-electron chi connectivity index (χ4n) is 3.99. The van der Waals surface area contributed by atoms with E-state index >= 15 is 0 Å². The predicted molar refractivity (Wildman–Crippen MR) is 111 cm³/mol. The lowest BCUT2D eigenvalue weighted by Gasteiger charge is -2.33. The van der Waals surface area contributed by atoms with Crippen LogP contribution in [0, 0.1) is 5.92 Å². The van der Waals surface area contributed by atoms with Gasteiger partial charge in [0.25, 0.3) is 5.91 Å². The first-order valence-electron chi connectivity index (χ1n) is 9.88. The van der Waals surface area contributed by atoms with Crippen LogP contribution in [0.4, 0.5) is 5.69 Å². The molecule has 3 nitrogen and oxygen atoms in total. The molecular weight excluding hydrogens is 334 g/mol. The fourth-order valence-corrected chi connectivity index (χ4v) is 3.99. The van der Waals surface area contributed by atoms with Crippen LogP contribution >= 0.6 is 0 Å². The van der Waals surface area contributed by atoms with Gasteiger partial charge in [-0.15, -0.1) is 6.58 Å². The molecule has 1 saturated carbocycles. The van der Waals surface area contributed by atoms with Crippen molar-refractivity contribution in [1.82, 2.24) is 0 Å². The molecule has 0 bridgehead atoms. The molecule has 0 aliphatic heterocycles. The van der Waals surface area contributed by atoms with Crippen molar-refractivity contribution in [3.05, 3.63) is 72.8 Å². The Balaban J connectivity index is 1.91. The predicted octanol–water partition coefficient (Wildman–Crippen LogP) is 5.87. The van der Waals surface area contributed by atoms with Crippen molar-refractivity contribution in [1.29, 1.82) is 0 Å². The lowest BCUT2D eigenvalue weighted by atomic mass is 9.84. The molecule has 2 aromatic rings. The highest BCUT2D eigenvalue weighted by Crippen LogP contribution is 2.32. The van der Waals surface area contributed by atoms with Crippen molar-refractivity contribution < 1.29 is 9.53 Å². The van der Waals surface area contributed by atoms with Crippen molar-refractivity contribution in [2.24, 2.45) is 5.92 Å². The van der Waals surface area contributed by atoms with Gasteiger partial charge < -0.3 is 9.64 Å². The largest absolute Gasteiger partial charge is 0.497 e. The first kappa shape index (κ1) is 19.2. The van der Waals surface area contributed by atoms with Gasteiger partial charge in [0, 0.05) is 11.3 Å². The summed E-state index contributed by atoms with van der Waals surface area (Å²) in [4.78, 5) is 15.3. The minimum atomic E-state index is -0.0193. The number of hydrogen-bond acceptors (Lipinski definition) is 2. The van der Waals surface area contributed by atoms with E-state index in [0.717, 1.165) is 17.9 Å². The van der Waals surface area contributed by atoms with Crippen LogP contribution in [-0.2, 0) is 0 Å². The summed E-state index contributed by atoms with van der Waals surface area (Å²) in [7, 11) is 1.65. The quantitative estimate of drug-likeness (QED) is 0.576. The molecule has 3 heteroatoms. The third-order valence-corrected chi connectivity index (χ3v) is 5.49. The van der Waals surface area contributed by atoms with Gasteiger partial charge in [0.2, 0.25) is 0 Å². The molecule has 0 spiro atoms. The molecule has 3 rings (SSSR count). The lowest BCUT2D eigenvalue weighted by molar-refractivity contribution is 0.0977. The number of amides is 1. The van der Waals surface area contributed by atoms with Crippen LogP contribution in [-0.4, -0.2) is 19.1 Å². The summed E-state index contributed by atoms with van der Waals surface area (Å²) in [6.45, 7) is 4.06. The monoisotopic (exact) mass is 363 g/mol. The van der Waals surface area contributed by atoms with Crippen LogP contribution in [0.5, 0.6) is 5.75 Å². The molecule has 0 radical (unpaired) electrons. The molecule has 0 aromatic heterocycles. The number of ether oxygens (including phenoxy) is 1. The van der Waals surface area contributed by atoms with Crippen LogP contribution in [0.2, 0.25) is 0 Å². The summed E-state index contributed by atoms with van der Waals surface area (Å²) in [6.07, 6.45) is 9.32. The summed E-state index contributed by atoms with van der Waals surface area (Å²) in [5, 5.41) is 0. The van der Waals surface area contributed by atoms with E-state index in [1.54, 1.807) is 7.11 Å². The molecule has 0 saturated heterocycles. The Morgan fingerprint density at radius 1 is 1.11 bits per heavy atom. The highest BCUT2D eigenvalue weighted by Gasteiger charge is 2.27. The Hall–Kier alpha value is -2.55. The third kappa shape index (κ3) is 4.79. The number of carbonyl (C=O) groups is 1. The Labute approximate surface area is 162 Å². The van der Waals surface area contributed by atoms with Gasteiger partial charge in [-0.25, -0.2) is 0 Å². The van der Waals surface area contributed by atoms with E-state index in [-0.39, 0.29) is 11.9 Å². The van der Waals surface area contributed by atoms with Gasteiger partial charge in [-0.2, -0.15) is 0 Å². The van der Waals surface area contributed by atoms with E-state index in [1.165, 1.54) is 32.1 Å². The number of nitrogens with zero attached hydrogens (tertiary/aromatic N) is 1. The molecule has 0 unspecified atom stereocenters. The SMILES string of the molecule is C=C[C@@H](CC1CCCCC1)N(C(=O)c1ccccc1)c1ccc(OC)cc1. The second-order valence-corrected chi connectivity index (χ2v) is 7.28. The van der Waals surface area contributed by atoms with Gasteiger partial charge in [-0.3, -0.25) is 4.79 Å². The Morgan fingerprint density at radius 2 is 1.78 bits per heavy atom. The summed E-state index contributed by atoms with van der Waals surface area (Å²) < 4.78 is 5.28. The summed E-state index contributed by atoms with van der Waals surface area (Å²) >= 11 is 0. The second-order valence-electron chi connectivity index (χ2n) is 7.28. The lowest BCUT2D eigenvalue weighted by Crippen LogP contribution is -2.40. The number of hydrogen-bond donors (Lipinski definition) is 0. The number of carbonyl (C=O) groups excluding carboxylic acids is 1. The van der Waals surface area contributed by atoms with E-state index in [2.05, 4.69) is 6.58 Å². The summed E-state index contributed by atoms with van der Waals surface area (Å²) in [5.41, 5.74) is 1.58. The maximum atomic E-state index is 13.4. The van der Waals surface area contributed by atoms with E-state index in [9.17, 15) is 4.79 Å². The minimum Gasteiger partial charge on any atom is -0.497 e. The highest BCUT2D eigenvalue weighted by atomic mass is 16.5. The summed E-state index contributed by atoms with van der Waals surface area (Å²) in [5.74, 6) is 1.46. The van der Waals surface area contributed by atoms with E-state index < -0.39 is 0 Å². The Bertz CT molecular complexity index is 733. The molecular formula is C24H29NO2. The van der Waals surface area contributed by atoms with Gasteiger partial charge >= 0.3 is 0 Å². The van der Waals surface area contributed by atoms with Crippen LogP contribution in [0.1, 0.15) is 48.9 Å². The Kier molecular flexibility index (Phi) is 6.69. The summed E-state index contributed by atoms with van der Waals surface area (Å²) in [6, 6.07) is 17.2. The average Bonchev–Trinajstić information content (AvgIpc) is 2.75. The van der Waals surface area contributed by atoms with Gasteiger partial charge in [0.1, 0.15) is 5.75 Å². The van der Waals surface area contributed by atoms with Gasteiger partial charge in [0.05, 0.1) is 13.2 Å². The molecule has 1 fully saturated rings. The zero-order valence-corrected chi connectivity index (χ0v) is 16.1. The van der Waals surface area contributed by atoms with Crippen molar-refractivity contribution >= 4 is 11.6 Å². The number of anilines is 1. The number of benzene rings is 2. The van der Waals surface area contributed by atoms with Crippen molar-refractivity contribution in [2.45, 2.75) is 44.6 Å². The zero-order chi connectivity index (χ0) is 19.1. The molecule has 1 aliphatic carbocycles. The van der Waals surface area contributed by atoms with Crippen LogP contribution in [0.25, 0.3) is 0 Å². The first-order valence-corrected chi connectivity index (χ1v) is 9.88. The topological polar surface area (TPSA) is 29.5 Å². The molecule has 0 heterocycles. The molecule has 1 atom stereocenters. The van der Waals surface area contributed by atoms with Crippen molar-refractivity contribution in [3.8, 4) is 5.75 Å². The average molecular weight is 364 g/mol. The molecule has 27 heavy (non-hydrogen) atoms. The van der Waals surface area contributed by atoms with Crippen molar-refractivity contribution in [3.63, 3.8) is 0 Å². The Morgan fingerprint density at radius 3 is 2.37 bits per heavy atom. The third-order valence-electron chi connectivity index (χ3n) is 5.49. The maximum absolute atomic E-state index is 13.4. The molecule has 142 valence electrons. The van der Waals surface area contributed by atoms with Crippen LogP contribution in [0.3, 0.4) is 0 Å². The molecule has 1 amide bonds. The van der Waals surface area contributed by atoms with Gasteiger partial charge in [-0.1, -0.05) is 56.4 Å². The van der Waals surface area contributed by atoms with Crippen LogP contribution < -0.4 is 9.64 Å². The van der Waals surface area contributed by atoms with Gasteiger partial charge in [0.15, 0.2) is 0 Å². The highest BCUT2D eigenvalue weighted by molar-refractivity contribution is 6.06. The van der Waals surface area contributed by atoms with E-state index in [4.69, 9.17) is 4.74 Å². The van der Waals surface area contributed by atoms with Crippen molar-refractivity contribution in [2.75, 3.05) is 12.0 Å². The molecule has 1 aliphatic rings. The zero-order valence-electron chi connectivity index (χ0n) is 16.1. The number of rotatable bonds is 7. The van der Waals surface area contributed by atoms with Gasteiger partial charge in [-0.05, 0) is 48.7 Å². The number of methoxy groups -OCH3 is 1.